The molecule has 24 heavy (non-hydrogen) atoms. The summed E-state index contributed by atoms with van der Waals surface area (Å²) in [6.45, 7) is 4.35. The lowest BCUT2D eigenvalue weighted by Crippen LogP contribution is -2.35. The molecule has 1 aromatic carbocycles. The molecule has 1 aliphatic rings. The van der Waals surface area contributed by atoms with Crippen LogP contribution in [0.3, 0.4) is 0 Å². The van der Waals surface area contributed by atoms with Crippen LogP contribution in [0.2, 0.25) is 0 Å². The molecule has 132 valence electrons. The molecule has 2 aromatic rings. The second-order valence-electron chi connectivity index (χ2n) is 6.27. The van der Waals surface area contributed by atoms with E-state index in [0.29, 0.717) is 13.0 Å². The van der Waals surface area contributed by atoms with Crippen LogP contribution < -0.4 is 5.73 Å². The summed E-state index contributed by atoms with van der Waals surface area (Å²) in [7, 11) is 0. The Labute approximate surface area is 159 Å². The Morgan fingerprint density at radius 1 is 1.33 bits per heavy atom. The first-order valence-corrected chi connectivity index (χ1v) is 8.45. The van der Waals surface area contributed by atoms with Gasteiger partial charge in [0.1, 0.15) is 5.01 Å². The smallest absolute Gasteiger partial charge is 0.228 e. The molecule has 3 rings (SSSR count). The minimum Gasteiger partial charge on any atom is -0.342 e. The van der Waals surface area contributed by atoms with Gasteiger partial charge in [-0.3, -0.25) is 4.79 Å². The molecule has 0 saturated carbocycles. The highest BCUT2D eigenvalue weighted by atomic mass is 35.5. The van der Waals surface area contributed by atoms with Crippen molar-refractivity contribution in [2.45, 2.75) is 19.8 Å². The van der Waals surface area contributed by atoms with Gasteiger partial charge in [0.25, 0.3) is 0 Å². The number of thiazole rings is 1. The molecular weight excluding hydrogens is 365 g/mol. The van der Waals surface area contributed by atoms with Crippen molar-refractivity contribution in [2.24, 2.45) is 11.1 Å². The number of carbonyl (C=O) groups is 1. The van der Waals surface area contributed by atoms with Crippen molar-refractivity contribution in [1.82, 2.24) is 9.88 Å². The van der Waals surface area contributed by atoms with Crippen molar-refractivity contribution in [3.63, 3.8) is 0 Å². The number of likely N-dealkylation sites (tertiary alicyclic amines) is 1. The molecule has 1 aliphatic heterocycles. The number of benzene rings is 1. The van der Waals surface area contributed by atoms with Gasteiger partial charge in [-0.1, -0.05) is 37.3 Å². The summed E-state index contributed by atoms with van der Waals surface area (Å²) in [5.74, 6) is 0.155. The second-order valence-corrected chi connectivity index (χ2v) is 7.12. The van der Waals surface area contributed by atoms with E-state index in [1.807, 2.05) is 40.6 Å². The summed E-state index contributed by atoms with van der Waals surface area (Å²) in [5, 5.41) is 2.95. The lowest BCUT2D eigenvalue weighted by molar-refractivity contribution is -0.129. The van der Waals surface area contributed by atoms with E-state index in [1.54, 1.807) is 11.3 Å². The molecule has 1 aromatic heterocycles. The highest BCUT2D eigenvalue weighted by Gasteiger charge is 2.34. The number of carbonyl (C=O) groups excluding carboxylic acids is 1. The average Bonchev–Trinajstić information content (AvgIpc) is 3.16. The molecular formula is C17H23Cl2N3OS. The van der Waals surface area contributed by atoms with E-state index >= 15 is 0 Å². The van der Waals surface area contributed by atoms with Crippen molar-refractivity contribution < 1.29 is 4.79 Å². The van der Waals surface area contributed by atoms with Gasteiger partial charge in [0.2, 0.25) is 5.91 Å². The predicted octanol–water partition coefficient (Wildman–Crippen LogP) is 3.39. The normalized spacial score (nSPS) is 19.5. The van der Waals surface area contributed by atoms with E-state index in [4.69, 9.17) is 5.73 Å². The van der Waals surface area contributed by atoms with Crippen LogP contribution in [0.1, 0.15) is 19.0 Å². The van der Waals surface area contributed by atoms with Gasteiger partial charge in [0.15, 0.2) is 0 Å². The van der Waals surface area contributed by atoms with E-state index in [1.165, 1.54) is 0 Å². The minimum absolute atomic E-state index is 0. The molecule has 0 radical (unpaired) electrons. The molecule has 1 unspecified atom stereocenters. The van der Waals surface area contributed by atoms with E-state index in [9.17, 15) is 4.79 Å². The van der Waals surface area contributed by atoms with Crippen LogP contribution in [0, 0.1) is 5.41 Å². The Morgan fingerprint density at radius 2 is 2.04 bits per heavy atom. The van der Waals surface area contributed by atoms with Crippen molar-refractivity contribution >= 4 is 42.1 Å². The number of halogens is 2. The van der Waals surface area contributed by atoms with Crippen molar-refractivity contribution in [3.8, 4) is 10.6 Å². The molecule has 1 amide bonds. The van der Waals surface area contributed by atoms with Crippen molar-refractivity contribution in [2.75, 3.05) is 19.6 Å². The molecule has 7 heteroatoms. The number of hydrogen-bond donors (Lipinski definition) is 1. The quantitative estimate of drug-likeness (QED) is 0.874. The van der Waals surface area contributed by atoms with Gasteiger partial charge in [0.05, 0.1) is 12.1 Å². The Hall–Kier alpha value is -1.14. The number of hydrogen-bond acceptors (Lipinski definition) is 4. The summed E-state index contributed by atoms with van der Waals surface area (Å²) in [4.78, 5) is 18.9. The van der Waals surface area contributed by atoms with E-state index in [2.05, 4.69) is 11.9 Å². The predicted molar refractivity (Wildman–Crippen MR) is 104 cm³/mol. The highest BCUT2D eigenvalue weighted by molar-refractivity contribution is 7.13. The van der Waals surface area contributed by atoms with E-state index in [0.717, 1.165) is 35.8 Å². The third-order valence-corrected chi connectivity index (χ3v) is 5.25. The van der Waals surface area contributed by atoms with Crippen LogP contribution in [-0.2, 0) is 11.2 Å². The largest absolute Gasteiger partial charge is 0.342 e. The minimum atomic E-state index is 0. The number of nitrogens with two attached hydrogens (primary N) is 1. The van der Waals surface area contributed by atoms with Gasteiger partial charge >= 0.3 is 0 Å². The summed E-state index contributed by atoms with van der Waals surface area (Å²) < 4.78 is 0. The van der Waals surface area contributed by atoms with Gasteiger partial charge in [-0.15, -0.1) is 36.2 Å². The third-order valence-electron chi connectivity index (χ3n) is 4.31. The van der Waals surface area contributed by atoms with Crippen LogP contribution in [0.15, 0.2) is 35.7 Å². The van der Waals surface area contributed by atoms with Crippen LogP contribution in [0.4, 0.5) is 0 Å². The zero-order chi connectivity index (χ0) is 15.6. The fraction of sp³-hybridized carbons (Fsp3) is 0.412. The first kappa shape index (κ1) is 20.9. The number of aromatic nitrogens is 1. The van der Waals surface area contributed by atoms with Gasteiger partial charge in [0, 0.05) is 24.0 Å². The SMILES string of the molecule is CC1(CN)CCN(C(=O)Cc2csc(-c3ccccc3)n2)C1.Cl.Cl. The molecule has 0 aliphatic carbocycles. The van der Waals surface area contributed by atoms with Crippen LogP contribution >= 0.6 is 36.2 Å². The zero-order valence-corrected chi connectivity index (χ0v) is 16.1. The molecule has 1 atom stereocenters. The van der Waals surface area contributed by atoms with Crippen LogP contribution in [0.5, 0.6) is 0 Å². The topological polar surface area (TPSA) is 59.2 Å². The van der Waals surface area contributed by atoms with Crippen molar-refractivity contribution in [1.29, 1.82) is 0 Å². The van der Waals surface area contributed by atoms with Gasteiger partial charge in [-0.05, 0) is 18.4 Å². The standard InChI is InChI=1S/C17H21N3OS.2ClH/c1-17(11-18)7-8-20(12-17)15(21)9-14-10-22-16(19-14)13-5-3-2-4-6-13;;/h2-6,10H,7-9,11-12,18H2,1H3;2*1H. The Bertz CT molecular complexity index is 665. The molecule has 4 nitrogen and oxygen atoms in total. The van der Waals surface area contributed by atoms with Crippen molar-refractivity contribution in [3.05, 3.63) is 41.4 Å². The highest BCUT2D eigenvalue weighted by Crippen LogP contribution is 2.29. The molecule has 1 fully saturated rings. The first-order valence-electron chi connectivity index (χ1n) is 7.57. The molecule has 2 heterocycles. The zero-order valence-electron chi connectivity index (χ0n) is 13.6. The maximum absolute atomic E-state index is 12.4. The van der Waals surface area contributed by atoms with Crippen LogP contribution in [-0.4, -0.2) is 35.4 Å². The monoisotopic (exact) mass is 387 g/mol. The Morgan fingerprint density at radius 3 is 2.67 bits per heavy atom. The Balaban J connectivity index is 0.00000144. The Kier molecular flexibility index (Phi) is 7.67. The molecule has 2 N–H and O–H groups in total. The maximum Gasteiger partial charge on any atom is 0.228 e. The summed E-state index contributed by atoms with van der Waals surface area (Å²) >= 11 is 1.59. The number of rotatable bonds is 4. The van der Waals surface area contributed by atoms with Gasteiger partial charge < -0.3 is 10.6 Å². The fourth-order valence-electron chi connectivity index (χ4n) is 2.77. The second kappa shape index (κ2) is 8.81. The third kappa shape index (κ3) is 4.70. The average molecular weight is 388 g/mol. The molecule has 0 bridgehead atoms. The summed E-state index contributed by atoms with van der Waals surface area (Å²) in [5.41, 5.74) is 7.84. The lowest BCUT2D eigenvalue weighted by atomic mass is 9.90. The fourth-order valence-corrected chi connectivity index (χ4v) is 3.60. The summed E-state index contributed by atoms with van der Waals surface area (Å²) in [6, 6.07) is 10.1. The van der Waals surface area contributed by atoms with E-state index in [-0.39, 0.29) is 36.1 Å². The molecule has 0 spiro atoms. The van der Waals surface area contributed by atoms with Gasteiger partial charge in [-0.25, -0.2) is 4.98 Å². The maximum atomic E-state index is 12.4. The van der Waals surface area contributed by atoms with E-state index < -0.39 is 0 Å². The van der Waals surface area contributed by atoms with Crippen LogP contribution in [0.25, 0.3) is 10.6 Å². The first-order chi connectivity index (χ1) is 10.6. The summed E-state index contributed by atoms with van der Waals surface area (Å²) in [6.07, 6.45) is 1.37. The number of amides is 1. The van der Waals surface area contributed by atoms with Gasteiger partial charge in [-0.2, -0.15) is 0 Å². The molecule has 1 saturated heterocycles. The number of nitrogens with zero attached hydrogens (tertiary/aromatic N) is 2. The lowest BCUT2D eigenvalue weighted by Gasteiger charge is -2.22.